The number of benzene rings is 1. The number of carbonyl (C=O) groups excluding carboxylic acids is 1. The molecule has 0 aliphatic carbocycles. The van der Waals surface area contributed by atoms with Gasteiger partial charge in [-0.25, -0.2) is 13.1 Å². The van der Waals surface area contributed by atoms with E-state index < -0.39 is 10.0 Å². The lowest BCUT2D eigenvalue weighted by Gasteiger charge is -2.08. The first-order valence-corrected chi connectivity index (χ1v) is 7.39. The fourth-order valence-corrected chi connectivity index (χ4v) is 1.84. The Morgan fingerprint density at radius 3 is 2.63 bits per heavy atom. The molecule has 0 saturated carbocycles. The van der Waals surface area contributed by atoms with Gasteiger partial charge < -0.3 is 15.8 Å². The Kier molecular flexibility index (Phi) is 5.13. The Balaban J connectivity index is 2.54. The summed E-state index contributed by atoms with van der Waals surface area (Å²) in [6.45, 7) is 0.329. The van der Waals surface area contributed by atoms with Gasteiger partial charge in [-0.1, -0.05) is 0 Å². The van der Waals surface area contributed by atoms with Crippen molar-refractivity contribution in [1.82, 2.24) is 10.0 Å². The number of sulfonamides is 1. The molecule has 0 aromatic heterocycles. The van der Waals surface area contributed by atoms with Gasteiger partial charge in [-0.05, 0) is 18.2 Å². The molecule has 7 nitrogen and oxygen atoms in total. The van der Waals surface area contributed by atoms with Crippen LogP contribution in [0.3, 0.4) is 0 Å². The summed E-state index contributed by atoms with van der Waals surface area (Å²) in [7, 11) is -1.78. The molecule has 1 amide bonds. The lowest BCUT2D eigenvalue weighted by molar-refractivity contribution is 0.0954. The first-order valence-electron chi connectivity index (χ1n) is 5.50. The van der Waals surface area contributed by atoms with Gasteiger partial charge in [-0.2, -0.15) is 0 Å². The highest BCUT2D eigenvalue weighted by Gasteiger charge is 2.08. The van der Waals surface area contributed by atoms with Crippen LogP contribution in [-0.4, -0.2) is 40.8 Å². The molecule has 0 saturated heterocycles. The van der Waals surface area contributed by atoms with E-state index in [1.807, 2.05) is 0 Å². The molecule has 0 radical (unpaired) electrons. The largest absolute Gasteiger partial charge is 0.495 e. The quantitative estimate of drug-likeness (QED) is 0.485. The van der Waals surface area contributed by atoms with Crippen LogP contribution in [0.5, 0.6) is 5.75 Å². The molecule has 0 fully saturated rings. The van der Waals surface area contributed by atoms with Crippen molar-refractivity contribution in [3.05, 3.63) is 23.8 Å². The van der Waals surface area contributed by atoms with Crippen molar-refractivity contribution in [3.8, 4) is 5.75 Å². The third kappa shape index (κ3) is 5.14. The number of nitrogens with one attached hydrogen (secondary N) is 2. The standard InChI is InChI=1S/C11H17N3O4S/c1-18-10-7-8(3-4-9(10)12)11(15)13-5-6-14-19(2,16)17/h3-4,7,14H,5-6,12H2,1-2H3,(H,13,15). The molecule has 0 aliphatic rings. The molecular weight excluding hydrogens is 270 g/mol. The molecule has 0 bridgehead atoms. The predicted octanol–water partition coefficient (Wildman–Crippen LogP) is -0.444. The number of anilines is 1. The summed E-state index contributed by atoms with van der Waals surface area (Å²) in [4.78, 5) is 11.8. The van der Waals surface area contributed by atoms with E-state index in [1.165, 1.54) is 13.2 Å². The number of ether oxygens (including phenoxy) is 1. The van der Waals surface area contributed by atoms with E-state index in [0.29, 0.717) is 17.0 Å². The van der Waals surface area contributed by atoms with Gasteiger partial charge in [0.25, 0.3) is 5.91 Å². The number of amides is 1. The van der Waals surface area contributed by atoms with Gasteiger partial charge >= 0.3 is 0 Å². The Hall–Kier alpha value is -1.80. The van der Waals surface area contributed by atoms with Gasteiger partial charge in [-0.15, -0.1) is 0 Å². The molecule has 19 heavy (non-hydrogen) atoms. The number of hydrogen-bond donors (Lipinski definition) is 3. The molecule has 0 unspecified atom stereocenters. The zero-order valence-electron chi connectivity index (χ0n) is 10.8. The van der Waals surface area contributed by atoms with E-state index >= 15 is 0 Å². The average molecular weight is 287 g/mol. The smallest absolute Gasteiger partial charge is 0.251 e. The first kappa shape index (κ1) is 15.3. The number of carbonyl (C=O) groups is 1. The summed E-state index contributed by atoms with van der Waals surface area (Å²) in [6.07, 6.45) is 1.06. The van der Waals surface area contributed by atoms with Crippen LogP contribution in [0, 0.1) is 0 Å². The molecule has 0 atom stereocenters. The summed E-state index contributed by atoms with van der Waals surface area (Å²) >= 11 is 0. The highest BCUT2D eigenvalue weighted by molar-refractivity contribution is 7.88. The zero-order chi connectivity index (χ0) is 14.5. The minimum absolute atomic E-state index is 0.136. The van der Waals surface area contributed by atoms with E-state index in [2.05, 4.69) is 10.0 Å². The summed E-state index contributed by atoms with van der Waals surface area (Å²) in [5.74, 6) is 0.0931. The summed E-state index contributed by atoms with van der Waals surface area (Å²) in [5.41, 5.74) is 6.47. The second-order valence-electron chi connectivity index (χ2n) is 3.88. The van der Waals surface area contributed by atoms with Crippen molar-refractivity contribution < 1.29 is 17.9 Å². The van der Waals surface area contributed by atoms with Gasteiger partial charge in [0.05, 0.1) is 19.1 Å². The van der Waals surface area contributed by atoms with Crippen LogP contribution in [0.1, 0.15) is 10.4 Å². The van der Waals surface area contributed by atoms with E-state index in [1.54, 1.807) is 12.1 Å². The maximum Gasteiger partial charge on any atom is 0.251 e. The molecule has 4 N–H and O–H groups in total. The van der Waals surface area contributed by atoms with E-state index in [0.717, 1.165) is 6.26 Å². The summed E-state index contributed by atoms with van der Waals surface area (Å²) in [6, 6.07) is 4.66. The Morgan fingerprint density at radius 2 is 2.05 bits per heavy atom. The molecule has 0 heterocycles. The lowest BCUT2D eigenvalue weighted by atomic mass is 10.2. The number of rotatable bonds is 6. The monoisotopic (exact) mass is 287 g/mol. The minimum atomic E-state index is -3.24. The van der Waals surface area contributed by atoms with Gasteiger partial charge in [0, 0.05) is 18.7 Å². The van der Waals surface area contributed by atoms with Crippen LogP contribution in [-0.2, 0) is 10.0 Å². The van der Waals surface area contributed by atoms with Crippen LogP contribution in [0.4, 0.5) is 5.69 Å². The topological polar surface area (TPSA) is 111 Å². The predicted molar refractivity (Wildman–Crippen MR) is 72.6 cm³/mol. The van der Waals surface area contributed by atoms with Crippen LogP contribution >= 0.6 is 0 Å². The van der Waals surface area contributed by atoms with Crippen molar-refractivity contribution in [1.29, 1.82) is 0 Å². The van der Waals surface area contributed by atoms with Crippen molar-refractivity contribution in [2.24, 2.45) is 0 Å². The normalized spacial score (nSPS) is 11.1. The van der Waals surface area contributed by atoms with Crippen LogP contribution in [0.15, 0.2) is 18.2 Å². The van der Waals surface area contributed by atoms with Crippen molar-refractivity contribution in [3.63, 3.8) is 0 Å². The van der Waals surface area contributed by atoms with Crippen LogP contribution in [0.25, 0.3) is 0 Å². The lowest BCUT2D eigenvalue weighted by Crippen LogP contribution is -2.34. The number of nitrogens with two attached hydrogens (primary N) is 1. The maximum atomic E-state index is 11.8. The van der Waals surface area contributed by atoms with Crippen LogP contribution < -0.4 is 20.5 Å². The molecule has 0 aliphatic heterocycles. The minimum Gasteiger partial charge on any atom is -0.495 e. The van der Waals surface area contributed by atoms with Gasteiger partial charge in [0.1, 0.15) is 5.75 Å². The third-order valence-corrected chi connectivity index (χ3v) is 3.00. The highest BCUT2D eigenvalue weighted by Crippen LogP contribution is 2.21. The van der Waals surface area contributed by atoms with Crippen molar-refractivity contribution >= 4 is 21.6 Å². The molecule has 106 valence electrons. The Bertz CT molecular complexity index is 557. The molecule has 1 rings (SSSR count). The second kappa shape index (κ2) is 6.39. The molecular formula is C11H17N3O4S. The first-order chi connectivity index (χ1) is 8.83. The molecule has 0 spiro atoms. The van der Waals surface area contributed by atoms with Gasteiger partial charge in [0.2, 0.25) is 10.0 Å². The number of methoxy groups -OCH3 is 1. The summed E-state index contributed by atoms with van der Waals surface area (Å²) < 4.78 is 28.9. The maximum absolute atomic E-state index is 11.8. The second-order valence-corrected chi connectivity index (χ2v) is 5.71. The van der Waals surface area contributed by atoms with Crippen molar-refractivity contribution in [2.75, 3.05) is 32.2 Å². The van der Waals surface area contributed by atoms with Crippen molar-refractivity contribution in [2.45, 2.75) is 0 Å². The highest BCUT2D eigenvalue weighted by atomic mass is 32.2. The van der Waals surface area contributed by atoms with Gasteiger partial charge in [-0.3, -0.25) is 4.79 Å². The van der Waals surface area contributed by atoms with E-state index in [9.17, 15) is 13.2 Å². The van der Waals surface area contributed by atoms with E-state index in [4.69, 9.17) is 10.5 Å². The SMILES string of the molecule is COc1cc(C(=O)NCCNS(C)(=O)=O)ccc1N. The molecule has 8 heteroatoms. The van der Waals surface area contributed by atoms with Crippen LogP contribution in [0.2, 0.25) is 0 Å². The summed E-state index contributed by atoms with van der Waals surface area (Å²) in [5, 5.41) is 2.58. The van der Waals surface area contributed by atoms with E-state index in [-0.39, 0.29) is 19.0 Å². The zero-order valence-corrected chi connectivity index (χ0v) is 11.6. The Labute approximate surface area is 112 Å². The molecule has 1 aromatic rings. The number of hydrogen-bond acceptors (Lipinski definition) is 5. The number of nitrogen functional groups attached to an aromatic ring is 1. The van der Waals surface area contributed by atoms with Gasteiger partial charge in [0.15, 0.2) is 0 Å². The fraction of sp³-hybridized carbons (Fsp3) is 0.364. The Morgan fingerprint density at radius 1 is 1.37 bits per heavy atom. The fourth-order valence-electron chi connectivity index (χ4n) is 1.37. The molecule has 1 aromatic carbocycles. The average Bonchev–Trinajstić information content (AvgIpc) is 2.33. The third-order valence-electron chi connectivity index (χ3n) is 2.27.